The third kappa shape index (κ3) is 4.08. The molecule has 21 heavy (non-hydrogen) atoms. The quantitative estimate of drug-likeness (QED) is 0.834. The van der Waals surface area contributed by atoms with Gasteiger partial charge in [-0.2, -0.15) is 0 Å². The van der Waals surface area contributed by atoms with E-state index in [0.29, 0.717) is 0 Å². The van der Waals surface area contributed by atoms with Crippen LogP contribution >= 0.6 is 15.9 Å². The fourth-order valence-corrected chi connectivity index (χ4v) is 3.10. The Bertz CT molecular complexity index is 593. The molecule has 0 aromatic heterocycles. The maximum atomic E-state index is 5.70. The molecule has 0 spiro atoms. The topological polar surface area (TPSA) is 21.3 Å². The number of nitrogens with one attached hydrogen (secondary N) is 1. The molecule has 0 fully saturated rings. The zero-order valence-corrected chi connectivity index (χ0v) is 14.6. The molecule has 2 nitrogen and oxygen atoms in total. The number of benzene rings is 2. The highest BCUT2D eigenvalue weighted by Crippen LogP contribution is 2.30. The molecule has 0 aliphatic heterocycles. The van der Waals surface area contributed by atoms with Crippen molar-refractivity contribution in [2.24, 2.45) is 0 Å². The van der Waals surface area contributed by atoms with E-state index in [4.69, 9.17) is 4.74 Å². The molecular formula is C18H22BrNO. The van der Waals surface area contributed by atoms with Gasteiger partial charge in [-0.1, -0.05) is 40.2 Å². The minimum atomic E-state index is 0.160. The Morgan fingerprint density at radius 3 is 2.24 bits per heavy atom. The van der Waals surface area contributed by atoms with Crippen LogP contribution in [-0.4, -0.2) is 13.2 Å². The number of hydrogen-bond donors (Lipinski definition) is 1. The van der Waals surface area contributed by atoms with Crippen LogP contribution in [0, 0.1) is 6.92 Å². The monoisotopic (exact) mass is 347 g/mol. The molecule has 0 amide bonds. The fraction of sp³-hybridized carbons (Fsp3) is 0.333. The second-order valence-corrected chi connectivity index (χ2v) is 6.34. The summed E-state index contributed by atoms with van der Waals surface area (Å²) in [7, 11) is 1.98. The van der Waals surface area contributed by atoms with Crippen molar-refractivity contribution in [1.29, 1.82) is 0 Å². The normalized spacial score (nSPS) is 12.5. The zero-order valence-electron chi connectivity index (χ0n) is 13.0. The molecule has 2 aromatic carbocycles. The summed E-state index contributed by atoms with van der Waals surface area (Å²) < 4.78 is 6.83. The SMILES string of the molecule is CNC(c1ccc(OC(C)C)cc1)c1ccc(C)cc1Br. The largest absolute Gasteiger partial charge is 0.491 e. The van der Waals surface area contributed by atoms with Gasteiger partial charge in [0.1, 0.15) is 5.75 Å². The van der Waals surface area contributed by atoms with Crippen LogP contribution in [0.25, 0.3) is 0 Å². The van der Waals surface area contributed by atoms with E-state index >= 15 is 0 Å². The predicted octanol–water partition coefficient (Wildman–Crippen LogP) is 4.85. The summed E-state index contributed by atoms with van der Waals surface area (Å²) in [5.41, 5.74) is 3.71. The second kappa shape index (κ2) is 7.10. The Morgan fingerprint density at radius 1 is 1.05 bits per heavy atom. The van der Waals surface area contributed by atoms with Gasteiger partial charge in [0.2, 0.25) is 0 Å². The third-order valence-corrected chi connectivity index (χ3v) is 4.03. The average Bonchev–Trinajstić information content (AvgIpc) is 2.43. The second-order valence-electron chi connectivity index (χ2n) is 5.48. The molecule has 0 heterocycles. The van der Waals surface area contributed by atoms with Crippen LogP contribution in [0.3, 0.4) is 0 Å². The molecule has 0 radical (unpaired) electrons. The van der Waals surface area contributed by atoms with Gasteiger partial charge in [0.15, 0.2) is 0 Å². The standard InChI is InChI=1S/C18H22BrNO/c1-12(2)21-15-8-6-14(7-9-15)18(20-4)16-10-5-13(3)11-17(16)19/h5-12,18,20H,1-4H3. The van der Waals surface area contributed by atoms with Gasteiger partial charge in [0, 0.05) is 4.47 Å². The minimum absolute atomic E-state index is 0.160. The summed E-state index contributed by atoms with van der Waals surface area (Å²) in [5, 5.41) is 3.38. The Morgan fingerprint density at radius 2 is 1.71 bits per heavy atom. The Balaban J connectivity index is 2.28. The van der Waals surface area contributed by atoms with Gasteiger partial charge in [-0.05, 0) is 62.7 Å². The number of rotatable bonds is 5. The number of halogens is 1. The summed E-state index contributed by atoms with van der Waals surface area (Å²) in [4.78, 5) is 0. The highest BCUT2D eigenvalue weighted by Gasteiger charge is 2.15. The lowest BCUT2D eigenvalue weighted by Gasteiger charge is -2.20. The predicted molar refractivity (Wildman–Crippen MR) is 92.0 cm³/mol. The molecule has 0 aliphatic rings. The van der Waals surface area contributed by atoms with Crippen LogP contribution in [0.5, 0.6) is 5.75 Å². The molecule has 1 unspecified atom stereocenters. The van der Waals surface area contributed by atoms with Gasteiger partial charge < -0.3 is 10.1 Å². The van der Waals surface area contributed by atoms with Gasteiger partial charge in [0.25, 0.3) is 0 Å². The van der Waals surface area contributed by atoms with E-state index in [1.165, 1.54) is 16.7 Å². The molecule has 1 N–H and O–H groups in total. The van der Waals surface area contributed by atoms with E-state index in [2.05, 4.69) is 58.5 Å². The molecule has 1 atom stereocenters. The summed E-state index contributed by atoms with van der Waals surface area (Å²) in [6.07, 6.45) is 0.196. The van der Waals surface area contributed by atoms with E-state index in [1.54, 1.807) is 0 Å². The Kier molecular flexibility index (Phi) is 5.43. The van der Waals surface area contributed by atoms with E-state index < -0.39 is 0 Å². The van der Waals surface area contributed by atoms with Gasteiger partial charge in [-0.3, -0.25) is 0 Å². The molecule has 3 heteroatoms. The summed E-state index contributed by atoms with van der Waals surface area (Å²) in [6.45, 7) is 6.17. The lowest BCUT2D eigenvalue weighted by Crippen LogP contribution is -2.18. The number of hydrogen-bond acceptors (Lipinski definition) is 2. The average molecular weight is 348 g/mol. The summed E-state index contributed by atoms with van der Waals surface area (Å²) >= 11 is 3.67. The van der Waals surface area contributed by atoms with E-state index in [0.717, 1.165) is 10.2 Å². The van der Waals surface area contributed by atoms with Crippen LogP contribution in [0.4, 0.5) is 0 Å². The minimum Gasteiger partial charge on any atom is -0.491 e. The van der Waals surface area contributed by atoms with Crippen molar-refractivity contribution in [3.05, 3.63) is 63.6 Å². The fourth-order valence-electron chi connectivity index (χ4n) is 2.38. The lowest BCUT2D eigenvalue weighted by molar-refractivity contribution is 0.242. The molecule has 0 saturated carbocycles. The number of aryl methyl sites for hydroxylation is 1. The van der Waals surface area contributed by atoms with Crippen molar-refractivity contribution in [3.8, 4) is 5.75 Å². The first-order chi connectivity index (χ1) is 10.0. The van der Waals surface area contributed by atoms with Crippen LogP contribution in [-0.2, 0) is 0 Å². The Hall–Kier alpha value is -1.32. The smallest absolute Gasteiger partial charge is 0.119 e. The van der Waals surface area contributed by atoms with Crippen LogP contribution in [0.2, 0.25) is 0 Å². The molecule has 112 valence electrons. The van der Waals surface area contributed by atoms with Crippen LogP contribution in [0.1, 0.15) is 36.6 Å². The van der Waals surface area contributed by atoms with Crippen LogP contribution < -0.4 is 10.1 Å². The van der Waals surface area contributed by atoms with Gasteiger partial charge >= 0.3 is 0 Å². The summed E-state index contributed by atoms with van der Waals surface area (Å²) in [6, 6.07) is 14.9. The maximum absolute atomic E-state index is 5.70. The van der Waals surface area contributed by atoms with E-state index in [-0.39, 0.29) is 12.1 Å². The van der Waals surface area contributed by atoms with Gasteiger partial charge in [-0.25, -0.2) is 0 Å². The molecule has 2 aromatic rings. The van der Waals surface area contributed by atoms with Crippen molar-refractivity contribution in [1.82, 2.24) is 5.32 Å². The summed E-state index contributed by atoms with van der Waals surface area (Å²) in [5.74, 6) is 0.909. The zero-order chi connectivity index (χ0) is 15.4. The highest BCUT2D eigenvalue weighted by atomic mass is 79.9. The Labute approximate surface area is 135 Å². The molecule has 0 aliphatic carbocycles. The third-order valence-electron chi connectivity index (χ3n) is 3.34. The van der Waals surface area contributed by atoms with Crippen molar-refractivity contribution in [2.75, 3.05) is 7.05 Å². The van der Waals surface area contributed by atoms with Crippen molar-refractivity contribution in [2.45, 2.75) is 32.9 Å². The first-order valence-corrected chi connectivity index (χ1v) is 8.00. The van der Waals surface area contributed by atoms with Crippen LogP contribution in [0.15, 0.2) is 46.9 Å². The highest BCUT2D eigenvalue weighted by molar-refractivity contribution is 9.10. The molecular weight excluding hydrogens is 326 g/mol. The first-order valence-electron chi connectivity index (χ1n) is 7.21. The van der Waals surface area contributed by atoms with Crippen molar-refractivity contribution < 1.29 is 4.74 Å². The molecule has 0 bridgehead atoms. The molecule has 2 rings (SSSR count). The van der Waals surface area contributed by atoms with E-state index in [1.807, 2.05) is 33.0 Å². The van der Waals surface area contributed by atoms with E-state index in [9.17, 15) is 0 Å². The van der Waals surface area contributed by atoms with Gasteiger partial charge in [-0.15, -0.1) is 0 Å². The van der Waals surface area contributed by atoms with Gasteiger partial charge in [0.05, 0.1) is 12.1 Å². The van der Waals surface area contributed by atoms with Crippen molar-refractivity contribution >= 4 is 15.9 Å². The maximum Gasteiger partial charge on any atom is 0.119 e. The first kappa shape index (κ1) is 16.1. The lowest BCUT2D eigenvalue weighted by atomic mass is 9.98. The number of ether oxygens (including phenoxy) is 1. The van der Waals surface area contributed by atoms with Crippen molar-refractivity contribution in [3.63, 3.8) is 0 Å². The molecule has 0 saturated heterocycles.